The van der Waals surface area contributed by atoms with Gasteiger partial charge in [-0.3, -0.25) is 0 Å². The van der Waals surface area contributed by atoms with Gasteiger partial charge < -0.3 is 9.68 Å². The van der Waals surface area contributed by atoms with Crippen molar-refractivity contribution in [2.45, 2.75) is 6.18 Å². The van der Waals surface area contributed by atoms with Crippen molar-refractivity contribution in [3.05, 3.63) is 28.8 Å². The van der Waals surface area contributed by atoms with Crippen LogP contribution in [-0.2, 0) is 6.18 Å². The Morgan fingerprint density at radius 3 is 2.50 bits per heavy atom. The molecule has 1 N–H and O–H groups in total. The first-order valence-corrected chi connectivity index (χ1v) is 3.82. The SMILES string of the molecule is O[B]Oc1ccc(Cl)c(C(F)(F)F)c1. The number of hydrogen-bond donors (Lipinski definition) is 1. The van der Waals surface area contributed by atoms with Crippen molar-refractivity contribution < 1.29 is 22.8 Å². The molecule has 7 heteroatoms. The summed E-state index contributed by atoms with van der Waals surface area (Å²) in [5.41, 5.74) is -1.00. The van der Waals surface area contributed by atoms with Crippen LogP contribution in [0.25, 0.3) is 0 Å². The number of halogens is 4. The molecule has 0 aliphatic heterocycles. The summed E-state index contributed by atoms with van der Waals surface area (Å²) >= 11 is 5.33. The Kier molecular flexibility index (Phi) is 3.28. The van der Waals surface area contributed by atoms with Gasteiger partial charge in [-0.1, -0.05) is 11.6 Å². The lowest BCUT2D eigenvalue weighted by molar-refractivity contribution is -0.137. The molecule has 0 bridgehead atoms. The third-order valence-electron chi connectivity index (χ3n) is 1.43. The summed E-state index contributed by atoms with van der Waals surface area (Å²) < 4.78 is 41.1. The van der Waals surface area contributed by atoms with Crippen LogP contribution in [0.15, 0.2) is 18.2 Å². The van der Waals surface area contributed by atoms with Gasteiger partial charge in [-0.05, 0) is 18.2 Å². The molecule has 1 aromatic carbocycles. The molecule has 0 aliphatic rings. The van der Waals surface area contributed by atoms with Crippen molar-refractivity contribution in [3.8, 4) is 5.75 Å². The highest BCUT2D eigenvalue weighted by Gasteiger charge is 2.33. The molecule has 75 valence electrons. The minimum atomic E-state index is -4.54. The Balaban J connectivity index is 3.09. The van der Waals surface area contributed by atoms with Crippen molar-refractivity contribution in [3.63, 3.8) is 0 Å². The summed E-state index contributed by atoms with van der Waals surface area (Å²) in [6.07, 6.45) is -4.54. The van der Waals surface area contributed by atoms with E-state index in [1.807, 2.05) is 0 Å². The largest absolute Gasteiger partial charge is 0.569 e. The van der Waals surface area contributed by atoms with E-state index in [0.717, 1.165) is 6.07 Å². The first-order chi connectivity index (χ1) is 6.45. The number of rotatable bonds is 2. The standard InChI is InChI=1S/C7H4BClF3O2/c9-6-2-1-4(14-8-13)3-5(6)7(10,11)12/h1-3,13H. The van der Waals surface area contributed by atoms with Crippen molar-refractivity contribution in [2.24, 2.45) is 0 Å². The van der Waals surface area contributed by atoms with Gasteiger partial charge in [0.05, 0.1) is 10.6 Å². The molecule has 0 unspecified atom stereocenters. The third kappa shape index (κ3) is 2.56. The Labute approximate surface area is 83.6 Å². The predicted molar refractivity (Wildman–Crippen MR) is 45.1 cm³/mol. The summed E-state index contributed by atoms with van der Waals surface area (Å²) in [4.78, 5) is 0. The molecule has 1 radical (unpaired) electrons. The summed E-state index contributed by atoms with van der Waals surface area (Å²) in [5.74, 6) is -0.135. The van der Waals surface area contributed by atoms with Crippen molar-refractivity contribution >= 4 is 19.3 Å². The molecule has 14 heavy (non-hydrogen) atoms. The summed E-state index contributed by atoms with van der Waals surface area (Å²) in [5, 5.41) is 7.81. The van der Waals surface area contributed by atoms with Gasteiger partial charge in [0.15, 0.2) is 0 Å². The van der Waals surface area contributed by atoms with Gasteiger partial charge in [0.2, 0.25) is 0 Å². The van der Waals surface area contributed by atoms with Crippen LogP contribution in [0, 0.1) is 0 Å². The number of benzene rings is 1. The molecule has 0 atom stereocenters. The zero-order valence-electron chi connectivity index (χ0n) is 6.68. The molecule has 2 nitrogen and oxygen atoms in total. The molecule has 0 spiro atoms. The van der Waals surface area contributed by atoms with E-state index >= 15 is 0 Å². The van der Waals surface area contributed by atoms with Crippen molar-refractivity contribution in [1.82, 2.24) is 0 Å². The van der Waals surface area contributed by atoms with Gasteiger partial charge in [-0.15, -0.1) is 0 Å². The Bertz CT molecular complexity index is 329. The molecular weight excluding hydrogens is 219 g/mol. The molecule has 1 rings (SSSR count). The molecule has 0 aliphatic carbocycles. The number of hydrogen-bond acceptors (Lipinski definition) is 2. The van der Waals surface area contributed by atoms with Gasteiger partial charge in [0, 0.05) is 0 Å². The molecule has 1 aromatic rings. The molecule has 0 aromatic heterocycles. The highest BCUT2D eigenvalue weighted by molar-refractivity contribution is 6.31. The second-order valence-electron chi connectivity index (χ2n) is 2.36. The van der Waals surface area contributed by atoms with E-state index in [1.165, 1.54) is 6.07 Å². The van der Waals surface area contributed by atoms with Gasteiger partial charge in [-0.2, -0.15) is 13.2 Å². The maximum atomic E-state index is 12.3. The fourth-order valence-corrected chi connectivity index (χ4v) is 1.08. The zero-order chi connectivity index (χ0) is 10.8. The lowest BCUT2D eigenvalue weighted by Crippen LogP contribution is -2.07. The predicted octanol–water partition coefficient (Wildman–Crippen LogP) is 2.26. The van der Waals surface area contributed by atoms with E-state index in [1.54, 1.807) is 0 Å². The highest BCUT2D eigenvalue weighted by Crippen LogP contribution is 2.36. The van der Waals surface area contributed by atoms with E-state index in [0.29, 0.717) is 13.8 Å². The van der Waals surface area contributed by atoms with Crippen LogP contribution < -0.4 is 4.65 Å². The van der Waals surface area contributed by atoms with Crippen molar-refractivity contribution in [1.29, 1.82) is 0 Å². The van der Waals surface area contributed by atoms with Crippen LogP contribution in [0.5, 0.6) is 5.75 Å². The quantitative estimate of drug-likeness (QED) is 0.779. The maximum absolute atomic E-state index is 12.3. The van der Waals surface area contributed by atoms with Crippen LogP contribution in [0.1, 0.15) is 5.56 Å². The average Bonchev–Trinajstić information content (AvgIpc) is 2.07. The first-order valence-electron chi connectivity index (χ1n) is 3.44. The van der Waals surface area contributed by atoms with Crippen LogP contribution in [0.4, 0.5) is 13.2 Å². The molecular formula is C7H4BClF3O2. The van der Waals surface area contributed by atoms with Crippen molar-refractivity contribution in [2.75, 3.05) is 0 Å². The first kappa shape index (κ1) is 11.2. The van der Waals surface area contributed by atoms with E-state index in [-0.39, 0.29) is 5.75 Å². The Morgan fingerprint density at radius 1 is 1.36 bits per heavy atom. The molecule has 0 heterocycles. The van der Waals surface area contributed by atoms with Crippen LogP contribution in [-0.4, -0.2) is 12.7 Å². The van der Waals surface area contributed by atoms with E-state index in [2.05, 4.69) is 4.65 Å². The van der Waals surface area contributed by atoms with Gasteiger partial charge >= 0.3 is 13.9 Å². The fourth-order valence-electron chi connectivity index (χ4n) is 0.856. The number of alkyl halides is 3. The fraction of sp³-hybridized carbons (Fsp3) is 0.143. The van der Waals surface area contributed by atoms with Gasteiger partial charge in [0.1, 0.15) is 5.75 Å². The molecule has 0 fully saturated rings. The lowest BCUT2D eigenvalue weighted by atomic mass is 10.2. The van der Waals surface area contributed by atoms with Crippen LogP contribution in [0.3, 0.4) is 0 Å². The highest BCUT2D eigenvalue weighted by atomic mass is 35.5. The minimum absolute atomic E-state index is 0.135. The molecule has 0 saturated carbocycles. The summed E-state index contributed by atoms with van der Waals surface area (Å²) in [7, 11) is 0.295. The maximum Gasteiger partial charge on any atom is 0.569 e. The topological polar surface area (TPSA) is 29.5 Å². The molecule has 0 amide bonds. The molecule has 0 saturated heterocycles. The van der Waals surface area contributed by atoms with E-state index < -0.39 is 16.8 Å². The second-order valence-corrected chi connectivity index (χ2v) is 2.77. The van der Waals surface area contributed by atoms with Gasteiger partial charge in [-0.25, -0.2) is 0 Å². The third-order valence-corrected chi connectivity index (χ3v) is 1.76. The minimum Gasteiger partial charge on any atom is -0.537 e. The Morgan fingerprint density at radius 2 is 2.00 bits per heavy atom. The lowest BCUT2D eigenvalue weighted by Gasteiger charge is -2.10. The van der Waals surface area contributed by atoms with E-state index in [9.17, 15) is 13.2 Å². The zero-order valence-corrected chi connectivity index (χ0v) is 7.43. The second kappa shape index (κ2) is 4.10. The monoisotopic (exact) mass is 223 g/mol. The summed E-state index contributed by atoms with van der Waals surface area (Å²) in [6.45, 7) is 0. The summed E-state index contributed by atoms with van der Waals surface area (Å²) in [6, 6.07) is 2.96. The normalized spacial score (nSPS) is 11.2. The average molecular weight is 223 g/mol. The van der Waals surface area contributed by atoms with Crippen LogP contribution >= 0.6 is 11.6 Å². The van der Waals surface area contributed by atoms with Crippen LogP contribution in [0.2, 0.25) is 5.02 Å². The smallest absolute Gasteiger partial charge is 0.537 e. The van der Waals surface area contributed by atoms with Gasteiger partial charge in [0.25, 0.3) is 0 Å². The van der Waals surface area contributed by atoms with E-state index in [4.69, 9.17) is 16.6 Å². The Hall–Kier alpha value is -0.875.